The maximum atomic E-state index is 11.8. The van der Waals surface area contributed by atoms with E-state index in [0.717, 1.165) is 45.3 Å². The first-order chi connectivity index (χ1) is 8.50. The molecule has 0 radical (unpaired) electrons. The van der Waals surface area contributed by atoms with Gasteiger partial charge in [0, 0.05) is 31.2 Å². The van der Waals surface area contributed by atoms with Crippen molar-refractivity contribution in [3.63, 3.8) is 0 Å². The van der Waals surface area contributed by atoms with E-state index >= 15 is 0 Å². The molecule has 0 aliphatic carbocycles. The summed E-state index contributed by atoms with van der Waals surface area (Å²) in [4.78, 5) is 2.42. The molecule has 0 amide bonds. The predicted octanol–water partition coefficient (Wildman–Crippen LogP) is 1.03. The zero-order valence-electron chi connectivity index (χ0n) is 11.6. The Kier molecular flexibility index (Phi) is 4.34. The highest BCUT2D eigenvalue weighted by Crippen LogP contribution is 2.25. The topological polar surface area (TPSA) is 49.4 Å². The molecule has 2 saturated heterocycles. The quantitative estimate of drug-likeness (QED) is 0.835. The summed E-state index contributed by atoms with van der Waals surface area (Å²) >= 11 is 0. The van der Waals surface area contributed by atoms with E-state index in [1.54, 1.807) is 0 Å². The summed E-state index contributed by atoms with van der Waals surface area (Å²) in [5, 5.41) is 3.63. The lowest BCUT2D eigenvalue weighted by Gasteiger charge is -2.46. The molecule has 5 heteroatoms. The number of piperazine rings is 1. The molecule has 0 aromatic heterocycles. The monoisotopic (exact) mass is 274 g/mol. The van der Waals surface area contributed by atoms with Crippen molar-refractivity contribution in [2.45, 2.75) is 51.1 Å². The summed E-state index contributed by atoms with van der Waals surface area (Å²) in [5.41, 5.74) is 0.194. The molecule has 2 aliphatic heterocycles. The van der Waals surface area contributed by atoms with E-state index in [2.05, 4.69) is 24.1 Å². The van der Waals surface area contributed by atoms with E-state index in [1.165, 1.54) is 0 Å². The molecule has 0 spiro atoms. The molecule has 0 aromatic rings. The molecule has 1 atom stereocenters. The molecule has 106 valence electrons. The second-order valence-electron chi connectivity index (χ2n) is 5.80. The van der Waals surface area contributed by atoms with Crippen LogP contribution in [0.4, 0.5) is 0 Å². The fourth-order valence-electron chi connectivity index (χ4n) is 3.31. The van der Waals surface area contributed by atoms with E-state index in [4.69, 9.17) is 0 Å². The fraction of sp³-hybridized carbons (Fsp3) is 1.00. The molecule has 2 heterocycles. The molecule has 2 rings (SSSR count). The standard InChI is InChI=1S/C13H26N2O2S/c1-3-13(4-2)11-15(8-7-14-13)12-6-5-9-18(16,17)10-12/h12,14H,3-11H2,1-2H3. The maximum absolute atomic E-state index is 11.8. The first-order valence-electron chi connectivity index (χ1n) is 7.20. The van der Waals surface area contributed by atoms with E-state index in [1.807, 2.05) is 0 Å². The molecule has 0 saturated carbocycles. The predicted molar refractivity (Wildman–Crippen MR) is 74.6 cm³/mol. The van der Waals surface area contributed by atoms with Gasteiger partial charge in [0.05, 0.1) is 11.5 Å². The van der Waals surface area contributed by atoms with Crippen molar-refractivity contribution in [2.24, 2.45) is 0 Å². The summed E-state index contributed by atoms with van der Waals surface area (Å²) in [6.45, 7) is 7.41. The van der Waals surface area contributed by atoms with E-state index in [9.17, 15) is 8.42 Å². The van der Waals surface area contributed by atoms with Crippen molar-refractivity contribution >= 4 is 9.84 Å². The van der Waals surface area contributed by atoms with Crippen LogP contribution in [0, 0.1) is 0 Å². The SMILES string of the molecule is CCC1(CC)CN(C2CCCS(=O)(=O)C2)CCN1. The average Bonchev–Trinajstić information content (AvgIpc) is 2.37. The van der Waals surface area contributed by atoms with Gasteiger partial charge in [-0.25, -0.2) is 8.42 Å². The summed E-state index contributed by atoms with van der Waals surface area (Å²) < 4.78 is 23.5. The van der Waals surface area contributed by atoms with Crippen molar-refractivity contribution < 1.29 is 8.42 Å². The van der Waals surface area contributed by atoms with Crippen LogP contribution in [0.5, 0.6) is 0 Å². The van der Waals surface area contributed by atoms with E-state index < -0.39 is 9.84 Å². The minimum atomic E-state index is -2.79. The molecule has 18 heavy (non-hydrogen) atoms. The first kappa shape index (κ1) is 14.3. The van der Waals surface area contributed by atoms with Crippen LogP contribution in [-0.4, -0.2) is 56.0 Å². The van der Waals surface area contributed by atoms with E-state index in [0.29, 0.717) is 11.5 Å². The van der Waals surface area contributed by atoms with Crippen LogP contribution in [-0.2, 0) is 9.84 Å². The Bertz CT molecular complexity index is 376. The van der Waals surface area contributed by atoms with Gasteiger partial charge in [-0.1, -0.05) is 13.8 Å². The highest BCUT2D eigenvalue weighted by atomic mass is 32.2. The fourth-order valence-corrected chi connectivity index (χ4v) is 5.05. The first-order valence-corrected chi connectivity index (χ1v) is 9.02. The van der Waals surface area contributed by atoms with Crippen LogP contribution in [0.25, 0.3) is 0 Å². The Morgan fingerprint density at radius 3 is 2.67 bits per heavy atom. The van der Waals surface area contributed by atoms with Gasteiger partial charge in [-0.3, -0.25) is 4.90 Å². The Morgan fingerprint density at radius 2 is 2.06 bits per heavy atom. The molecule has 1 unspecified atom stereocenters. The molecule has 4 nitrogen and oxygen atoms in total. The zero-order chi connectivity index (χ0) is 13.2. The highest BCUT2D eigenvalue weighted by molar-refractivity contribution is 7.91. The number of nitrogens with one attached hydrogen (secondary N) is 1. The van der Waals surface area contributed by atoms with Crippen molar-refractivity contribution in [2.75, 3.05) is 31.1 Å². The largest absolute Gasteiger partial charge is 0.309 e. The minimum Gasteiger partial charge on any atom is -0.309 e. The molecule has 2 fully saturated rings. The van der Waals surface area contributed by atoms with Crippen LogP contribution in [0.3, 0.4) is 0 Å². The Labute approximate surface area is 111 Å². The van der Waals surface area contributed by atoms with Gasteiger partial charge < -0.3 is 5.32 Å². The number of hydrogen-bond acceptors (Lipinski definition) is 4. The van der Waals surface area contributed by atoms with Crippen LogP contribution in [0.2, 0.25) is 0 Å². The Morgan fingerprint density at radius 1 is 1.33 bits per heavy atom. The van der Waals surface area contributed by atoms with Gasteiger partial charge in [0.25, 0.3) is 0 Å². The number of sulfone groups is 1. The van der Waals surface area contributed by atoms with Gasteiger partial charge in [-0.15, -0.1) is 0 Å². The van der Waals surface area contributed by atoms with Crippen molar-refractivity contribution in [3.8, 4) is 0 Å². The second kappa shape index (κ2) is 5.47. The third kappa shape index (κ3) is 3.06. The number of hydrogen-bond donors (Lipinski definition) is 1. The minimum absolute atomic E-state index is 0.194. The molecular formula is C13H26N2O2S. The van der Waals surface area contributed by atoms with Gasteiger partial charge in [0.2, 0.25) is 0 Å². The van der Waals surface area contributed by atoms with Crippen molar-refractivity contribution in [1.29, 1.82) is 0 Å². The van der Waals surface area contributed by atoms with Crippen LogP contribution in [0.1, 0.15) is 39.5 Å². The summed E-state index contributed by atoms with van der Waals surface area (Å²) in [6.07, 6.45) is 4.10. The van der Waals surface area contributed by atoms with Gasteiger partial charge in [0.1, 0.15) is 0 Å². The summed E-state index contributed by atoms with van der Waals surface area (Å²) in [7, 11) is -2.79. The third-order valence-corrected chi connectivity index (χ3v) is 6.52. The summed E-state index contributed by atoms with van der Waals surface area (Å²) in [5.74, 6) is 0.763. The van der Waals surface area contributed by atoms with Gasteiger partial charge in [-0.05, 0) is 25.7 Å². The maximum Gasteiger partial charge on any atom is 0.151 e. The third-order valence-electron chi connectivity index (χ3n) is 4.71. The average molecular weight is 274 g/mol. The molecule has 2 aliphatic rings. The normalized spacial score (nSPS) is 32.2. The smallest absolute Gasteiger partial charge is 0.151 e. The lowest BCUT2D eigenvalue weighted by molar-refractivity contribution is 0.0880. The van der Waals surface area contributed by atoms with Gasteiger partial charge in [-0.2, -0.15) is 0 Å². The zero-order valence-corrected chi connectivity index (χ0v) is 12.4. The van der Waals surface area contributed by atoms with E-state index in [-0.39, 0.29) is 11.6 Å². The summed E-state index contributed by atoms with van der Waals surface area (Å²) in [6, 6.07) is 0.253. The molecular weight excluding hydrogens is 248 g/mol. The Balaban J connectivity index is 2.04. The highest BCUT2D eigenvalue weighted by Gasteiger charge is 2.37. The number of nitrogens with zero attached hydrogens (tertiary/aromatic N) is 1. The molecule has 0 bridgehead atoms. The number of rotatable bonds is 3. The van der Waals surface area contributed by atoms with Crippen LogP contribution >= 0.6 is 0 Å². The van der Waals surface area contributed by atoms with Crippen LogP contribution < -0.4 is 5.32 Å². The Hall–Kier alpha value is -0.130. The lowest BCUT2D eigenvalue weighted by Crippen LogP contribution is -2.63. The lowest BCUT2D eigenvalue weighted by atomic mass is 9.89. The van der Waals surface area contributed by atoms with Gasteiger partial charge in [0.15, 0.2) is 9.84 Å². The molecule has 0 aromatic carbocycles. The van der Waals surface area contributed by atoms with Crippen molar-refractivity contribution in [1.82, 2.24) is 10.2 Å². The van der Waals surface area contributed by atoms with Crippen LogP contribution in [0.15, 0.2) is 0 Å². The molecule has 1 N–H and O–H groups in total. The van der Waals surface area contributed by atoms with Gasteiger partial charge >= 0.3 is 0 Å². The second-order valence-corrected chi connectivity index (χ2v) is 8.02. The van der Waals surface area contributed by atoms with Crippen molar-refractivity contribution in [3.05, 3.63) is 0 Å².